The topological polar surface area (TPSA) is 0 Å². The average Bonchev–Trinajstić information content (AvgIpc) is 2.23. The van der Waals surface area contributed by atoms with Crippen LogP contribution in [0, 0.1) is 0 Å². The average molecular weight is 214 g/mol. The molecule has 0 nitrogen and oxygen atoms in total. The van der Waals surface area contributed by atoms with E-state index in [9.17, 15) is 0 Å². The highest BCUT2D eigenvalue weighted by Crippen LogP contribution is 2.23. The van der Waals surface area contributed by atoms with Gasteiger partial charge in [-0.05, 0) is 0 Å². The lowest BCUT2D eigenvalue weighted by atomic mass is 10.1. The van der Waals surface area contributed by atoms with Crippen molar-refractivity contribution in [2.24, 2.45) is 0 Å². The van der Waals surface area contributed by atoms with Crippen molar-refractivity contribution in [3.05, 3.63) is 0 Å². The first-order valence-electron chi connectivity index (χ1n) is 6.68. The molecule has 0 spiro atoms. The van der Waals surface area contributed by atoms with Crippen LogP contribution in [0.15, 0.2) is 0 Å². The fourth-order valence-corrected chi connectivity index (χ4v) is 4.25. The van der Waals surface area contributed by atoms with E-state index in [0.29, 0.717) is 0 Å². The minimum atomic E-state index is -0.766. The van der Waals surface area contributed by atoms with Crippen LogP contribution in [0.3, 0.4) is 0 Å². The Labute approximate surface area is 92.5 Å². The van der Waals surface area contributed by atoms with Crippen molar-refractivity contribution in [2.75, 3.05) is 0 Å². The summed E-state index contributed by atoms with van der Waals surface area (Å²) in [5.41, 5.74) is 0. The molecule has 0 unspecified atom stereocenters. The van der Waals surface area contributed by atoms with Crippen LogP contribution < -0.4 is 0 Å². The lowest BCUT2D eigenvalue weighted by Crippen LogP contribution is -2.26. The minimum absolute atomic E-state index is 0.766. The van der Waals surface area contributed by atoms with E-state index < -0.39 is 8.07 Å². The van der Waals surface area contributed by atoms with Crippen LogP contribution in [0.5, 0.6) is 0 Å². The monoisotopic (exact) mass is 214 g/mol. The smallest absolute Gasteiger partial charge is 0.0499 e. The van der Waals surface area contributed by atoms with Crippen LogP contribution in [0.4, 0.5) is 0 Å². The molecule has 0 bridgehead atoms. The zero-order valence-corrected chi connectivity index (χ0v) is 11.9. The third-order valence-electron chi connectivity index (χ3n) is 3.84. The fourth-order valence-electron chi connectivity index (χ4n) is 1.94. The maximum Gasteiger partial charge on any atom is 0.0499 e. The second kappa shape index (κ2) is 8.52. The van der Waals surface area contributed by atoms with E-state index in [4.69, 9.17) is 0 Å². The molecule has 0 heterocycles. The molecule has 1 heteroatoms. The van der Waals surface area contributed by atoms with E-state index in [1.165, 1.54) is 50.6 Å². The standard InChI is InChI=1S/C13H30Si/c1-5-8-9-10-11-12-13-14(4,6-2)7-3/h5-13H2,1-4H3. The first kappa shape index (κ1) is 14.2. The molecule has 0 saturated heterocycles. The number of rotatable bonds is 9. The third-order valence-corrected chi connectivity index (χ3v) is 8.82. The first-order chi connectivity index (χ1) is 6.68. The van der Waals surface area contributed by atoms with Crippen molar-refractivity contribution in [1.82, 2.24) is 0 Å². The Hall–Kier alpha value is 0.217. The van der Waals surface area contributed by atoms with Gasteiger partial charge in [-0.2, -0.15) is 0 Å². The van der Waals surface area contributed by atoms with Crippen LogP contribution in [0.1, 0.15) is 59.3 Å². The number of hydrogen-bond donors (Lipinski definition) is 0. The zero-order valence-electron chi connectivity index (χ0n) is 10.9. The molecule has 0 aliphatic heterocycles. The summed E-state index contributed by atoms with van der Waals surface area (Å²) in [4.78, 5) is 0. The normalized spacial score (nSPS) is 12.0. The molecule has 0 amide bonds. The Morgan fingerprint density at radius 2 is 1.21 bits per heavy atom. The quantitative estimate of drug-likeness (QED) is 0.353. The molecule has 0 rings (SSSR count). The molecule has 0 aliphatic rings. The molecule has 86 valence electrons. The van der Waals surface area contributed by atoms with Gasteiger partial charge in [0.1, 0.15) is 0 Å². The lowest BCUT2D eigenvalue weighted by molar-refractivity contribution is 0.621. The van der Waals surface area contributed by atoms with Gasteiger partial charge in [0.05, 0.1) is 0 Å². The predicted octanol–water partition coefficient (Wildman–Crippen LogP) is 5.47. The summed E-state index contributed by atoms with van der Waals surface area (Å²) < 4.78 is 0. The summed E-state index contributed by atoms with van der Waals surface area (Å²) in [7, 11) is -0.766. The van der Waals surface area contributed by atoms with Gasteiger partial charge in [-0.3, -0.25) is 0 Å². The molecule has 0 radical (unpaired) electrons. The van der Waals surface area contributed by atoms with Gasteiger partial charge in [0.2, 0.25) is 0 Å². The molecule has 0 aromatic carbocycles. The van der Waals surface area contributed by atoms with Crippen LogP contribution in [-0.4, -0.2) is 8.07 Å². The Morgan fingerprint density at radius 1 is 0.714 bits per heavy atom. The number of unbranched alkanes of at least 4 members (excludes halogenated alkanes) is 5. The maximum absolute atomic E-state index is 2.58. The highest BCUT2D eigenvalue weighted by Gasteiger charge is 2.20. The van der Waals surface area contributed by atoms with Crippen LogP contribution in [0.25, 0.3) is 0 Å². The van der Waals surface area contributed by atoms with Gasteiger partial charge in [0, 0.05) is 8.07 Å². The molecule has 0 aliphatic carbocycles. The van der Waals surface area contributed by atoms with Crippen molar-refractivity contribution >= 4 is 8.07 Å². The molecule has 0 aromatic heterocycles. The summed E-state index contributed by atoms with van der Waals surface area (Å²) in [5.74, 6) is 0. The van der Waals surface area contributed by atoms with E-state index in [2.05, 4.69) is 27.3 Å². The summed E-state index contributed by atoms with van der Waals surface area (Å²) in [6, 6.07) is 4.54. The van der Waals surface area contributed by atoms with Crippen LogP contribution >= 0.6 is 0 Å². The van der Waals surface area contributed by atoms with Gasteiger partial charge in [0.15, 0.2) is 0 Å². The van der Waals surface area contributed by atoms with E-state index in [1.54, 1.807) is 6.04 Å². The first-order valence-corrected chi connectivity index (χ1v) is 9.80. The van der Waals surface area contributed by atoms with E-state index in [0.717, 1.165) is 0 Å². The van der Waals surface area contributed by atoms with Gasteiger partial charge >= 0.3 is 0 Å². The summed E-state index contributed by atoms with van der Waals surface area (Å²) in [5, 5.41) is 0. The summed E-state index contributed by atoms with van der Waals surface area (Å²) in [6.45, 7) is 9.66. The SMILES string of the molecule is CCCCCCCC[Si](C)(CC)CC. The van der Waals surface area contributed by atoms with Crippen LogP contribution in [-0.2, 0) is 0 Å². The molecule has 0 saturated carbocycles. The molecular weight excluding hydrogens is 184 g/mol. The molecular formula is C13H30Si. The third kappa shape index (κ3) is 6.64. The molecule has 0 fully saturated rings. The lowest BCUT2D eigenvalue weighted by Gasteiger charge is -2.23. The zero-order chi connectivity index (χ0) is 10.9. The second-order valence-corrected chi connectivity index (χ2v) is 10.6. The minimum Gasteiger partial charge on any atom is -0.0692 e. The van der Waals surface area contributed by atoms with Crippen molar-refractivity contribution in [1.29, 1.82) is 0 Å². The Morgan fingerprint density at radius 3 is 1.71 bits per heavy atom. The Bertz CT molecular complexity index is 116. The van der Waals surface area contributed by atoms with Crippen LogP contribution in [0.2, 0.25) is 24.7 Å². The second-order valence-electron chi connectivity index (χ2n) is 5.04. The fraction of sp³-hybridized carbons (Fsp3) is 1.00. The maximum atomic E-state index is 2.58. The molecule has 0 atom stereocenters. The van der Waals surface area contributed by atoms with Crippen molar-refractivity contribution < 1.29 is 0 Å². The molecule has 14 heavy (non-hydrogen) atoms. The van der Waals surface area contributed by atoms with Gasteiger partial charge in [-0.1, -0.05) is 84.0 Å². The van der Waals surface area contributed by atoms with E-state index in [1.807, 2.05) is 0 Å². The van der Waals surface area contributed by atoms with Gasteiger partial charge in [-0.15, -0.1) is 0 Å². The number of hydrogen-bond acceptors (Lipinski definition) is 0. The molecule has 0 N–H and O–H groups in total. The highest BCUT2D eigenvalue weighted by atomic mass is 28.3. The van der Waals surface area contributed by atoms with Crippen molar-refractivity contribution in [2.45, 2.75) is 84.0 Å². The largest absolute Gasteiger partial charge is 0.0692 e. The summed E-state index contributed by atoms with van der Waals surface area (Å²) >= 11 is 0. The van der Waals surface area contributed by atoms with Crippen molar-refractivity contribution in [3.63, 3.8) is 0 Å². The Balaban J connectivity index is 3.34. The van der Waals surface area contributed by atoms with E-state index >= 15 is 0 Å². The molecule has 0 aromatic rings. The van der Waals surface area contributed by atoms with Gasteiger partial charge < -0.3 is 0 Å². The van der Waals surface area contributed by atoms with E-state index in [-0.39, 0.29) is 0 Å². The van der Waals surface area contributed by atoms with Gasteiger partial charge in [-0.25, -0.2) is 0 Å². The Kier molecular flexibility index (Phi) is 8.65. The summed E-state index contributed by atoms with van der Waals surface area (Å²) in [6.07, 6.45) is 8.75. The highest BCUT2D eigenvalue weighted by molar-refractivity contribution is 6.78. The predicted molar refractivity (Wildman–Crippen MR) is 70.8 cm³/mol. The van der Waals surface area contributed by atoms with Crippen molar-refractivity contribution in [3.8, 4) is 0 Å². The van der Waals surface area contributed by atoms with Gasteiger partial charge in [0.25, 0.3) is 0 Å².